The second-order valence-electron chi connectivity index (χ2n) is 11.1. The second-order valence-corrected chi connectivity index (χ2v) is 12.4. The minimum absolute atomic E-state index is 0.512. The van der Waals surface area contributed by atoms with Crippen molar-refractivity contribution in [2.45, 2.75) is 154 Å². The lowest BCUT2D eigenvalue weighted by atomic mass is 10.0. The maximum Gasteiger partial charge on any atom is 0.376 e. The molecule has 0 heterocycles. The number of unbranched alkanes of at least 4 members (excludes halogenated alkanes) is 17. The van der Waals surface area contributed by atoms with Crippen LogP contribution in [0.3, 0.4) is 0 Å². The van der Waals surface area contributed by atoms with Crippen LogP contribution in [0.4, 0.5) is 0 Å². The first-order chi connectivity index (χ1) is 15.8. The van der Waals surface area contributed by atoms with Crippen molar-refractivity contribution in [3.05, 3.63) is 12.2 Å². The van der Waals surface area contributed by atoms with Crippen LogP contribution in [0.2, 0.25) is 0 Å². The molecule has 0 aromatic heterocycles. The molecule has 0 spiro atoms. The molecule has 33 heavy (non-hydrogen) atoms. The molecular weight excluding hydrogens is 425 g/mol. The Balaban J connectivity index is 3.48. The van der Waals surface area contributed by atoms with Crippen molar-refractivity contribution in [2.24, 2.45) is 0 Å². The van der Waals surface area contributed by atoms with Gasteiger partial charge in [-0.1, -0.05) is 120 Å². The molecule has 2 unspecified atom stereocenters. The second kappa shape index (κ2) is 21.1. The zero-order valence-electron chi connectivity index (χ0n) is 23.2. The third-order valence-corrected chi connectivity index (χ3v) is 9.31. The van der Waals surface area contributed by atoms with E-state index in [0.717, 1.165) is 19.3 Å². The lowest BCUT2D eigenvalue weighted by Crippen LogP contribution is -2.55. The van der Waals surface area contributed by atoms with Gasteiger partial charge in [-0.15, -0.1) is 0 Å². The van der Waals surface area contributed by atoms with E-state index in [-0.39, 0.29) is 0 Å². The summed E-state index contributed by atoms with van der Waals surface area (Å²) >= 11 is 0. The molecule has 0 saturated heterocycles. The Morgan fingerprint density at radius 1 is 0.636 bits per heavy atom. The standard InChI is InChI=1S/C29H59NO2P/c1-6-8-9-10-11-12-13-14-15-16-17-18-19-20-21-22-23-24-25-26-27-28-29(7-2,33(31)32)30(3,4)5/h14-15H,6-13,16-28H2,1-5H3/q+1. The van der Waals surface area contributed by atoms with Crippen LogP contribution in [0.1, 0.15) is 149 Å². The molecular formula is C29H59NO2P+. The summed E-state index contributed by atoms with van der Waals surface area (Å²) in [5.41, 5.74) is 0. The van der Waals surface area contributed by atoms with Crippen molar-refractivity contribution < 1.29 is 13.9 Å². The van der Waals surface area contributed by atoms with E-state index in [4.69, 9.17) is 0 Å². The Bertz CT molecular complexity index is 487. The maximum absolute atomic E-state index is 12.0. The largest absolute Gasteiger partial charge is 0.590 e. The Labute approximate surface area is 209 Å². The van der Waals surface area contributed by atoms with Gasteiger partial charge in [-0.05, 0) is 32.1 Å². The number of allylic oxidation sites excluding steroid dienone is 2. The van der Waals surface area contributed by atoms with Crippen LogP contribution in [0, 0.1) is 0 Å². The molecule has 0 aromatic carbocycles. The van der Waals surface area contributed by atoms with Crippen LogP contribution in [-0.4, -0.2) is 30.9 Å². The van der Waals surface area contributed by atoms with Gasteiger partial charge in [0.1, 0.15) is 0 Å². The van der Waals surface area contributed by atoms with Crippen LogP contribution in [0.5, 0.6) is 0 Å². The van der Waals surface area contributed by atoms with Crippen molar-refractivity contribution in [1.29, 1.82) is 0 Å². The van der Waals surface area contributed by atoms with Crippen LogP contribution in [-0.2, 0) is 4.57 Å². The van der Waals surface area contributed by atoms with Crippen molar-refractivity contribution in [3.8, 4) is 0 Å². The van der Waals surface area contributed by atoms with Gasteiger partial charge in [0.2, 0.25) is 0 Å². The SMILES string of the molecule is CCCCCCCCC=CCCCCCCCCCCCCCC(CC)([P+](=O)[O-])[N+](C)(C)C. The molecule has 0 N–H and O–H groups in total. The fourth-order valence-corrected chi connectivity index (χ4v) is 6.08. The number of rotatable bonds is 24. The van der Waals surface area contributed by atoms with Gasteiger partial charge < -0.3 is 4.89 Å². The maximum atomic E-state index is 12.0. The first-order valence-corrected chi connectivity index (χ1v) is 15.6. The predicted octanol–water partition coefficient (Wildman–Crippen LogP) is 9.28. The van der Waals surface area contributed by atoms with E-state index in [1.807, 2.05) is 28.1 Å². The van der Waals surface area contributed by atoms with Gasteiger partial charge in [0.15, 0.2) is 0 Å². The Hall–Kier alpha value is -0.240. The molecule has 0 aliphatic heterocycles. The summed E-state index contributed by atoms with van der Waals surface area (Å²) in [7, 11) is 3.63. The molecule has 0 aromatic rings. The van der Waals surface area contributed by atoms with Crippen molar-refractivity contribution >= 4 is 8.03 Å². The van der Waals surface area contributed by atoms with Gasteiger partial charge in [0.05, 0.1) is 21.1 Å². The third kappa shape index (κ3) is 16.1. The fraction of sp³-hybridized carbons (Fsp3) is 0.931. The van der Waals surface area contributed by atoms with Gasteiger partial charge in [-0.3, -0.25) is 4.48 Å². The Kier molecular flexibility index (Phi) is 20.9. The molecule has 0 bridgehead atoms. The number of quaternary nitrogens is 1. The van der Waals surface area contributed by atoms with Crippen LogP contribution in [0.15, 0.2) is 12.2 Å². The van der Waals surface area contributed by atoms with Crippen LogP contribution in [0.25, 0.3) is 0 Å². The molecule has 0 radical (unpaired) electrons. The number of hydrogen-bond donors (Lipinski definition) is 0. The molecule has 0 aliphatic carbocycles. The summed E-state index contributed by atoms with van der Waals surface area (Å²) in [4.78, 5) is 12.0. The third-order valence-electron chi connectivity index (χ3n) is 7.49. The summed E-state index contributed by atoms with van der Waals surface area (Å²) in [5, 5.41) is -0.598. The monoisotopic (exact) mass is 484 g/mol. The van der Waals surface area contributed by atoms with Crippen molar-refractivity contribution in [1.82, 2.24) is 0 Å². The summed E-state index contributed by atoms with van der Waals surface area (Å²) in [5.74, 6) is 0. The molecule has 0 amide bonds. The highest BCUT2D eigenvalue weighted by atomic mass is 31.1. The lowest BCUT2D eigenvalue weighted by Gasteiger charge is -2.39. The Morgan fingerprint density at radius 3 is 1.33 bits per heavy atom. The minimum atomic E-state index is -2.41. The molecule has 2 atom stereocenters. The van der Waals surface area contributed by atoms with E-state index in [9.17, 15) is 9.46 Å². The fourth-order valence-electron chi connectivity index (χ4n) is 4.99. The van der Waals surface area contributed by atoms with Crippen molar-refractivity contribution in [2.75, 3.05) is 21.1 Å². The lowest BCUT2D eigenvalue weighted by molar-refractivity contribution is -0.910. The molecule has 3 nitrogen and oxygen atoms in total. The number of hydrogen-bond acceptors (Lipinski definition) is 2. The van der Waals surface area contributed by atoms with Gasteiger partial charge in [-0.2, -0.15) is 0 Å². The van der Waals surface area contributed by atoms with Gasteiger partial charge in [-0.25, -0.2) is 0 Å². The van der Waals surface area contributed by atoms with E-state index in [1.54, 1.807) is 0 Å². The molecule has 0 fully saturated rings. The average Bonchev–Trinajstić information content (AvgIpc) is 2.76. The van der Waals surface area contributed by atoms with Gasteiger partial charge >= 0.3 is 8.03 Å². The highest BCUT2D eigenvalue weighted by Crippen LogP contribution is 2.44. The summed E-state index contributed by atoms with van der Waals surface area (Å²) < 4.78 is 12.5. The molecule has 4 heteroatoms. The van der Waals surface area contributed by atoms with E-state index in [1.165, 1.54) is 109 Å². The van der Waals surface area contributed by atoms with E-state index < -0.39 is 13.3 Å². The van der Waals surface area contributed by atoms with E-state index in [2.05, 4.69) is 19.1 Å². The molecule has 0 aliphatic rings. The molecule has 0 saturated carbocycles. The van der Waals surface area contributed by atoms with Crippen LogP contribution < -0.4 is 4.89 Å². The summed E-state index contributed by atoms with van der Waals surface area (Å²) in [6.07, 6.45) is 31.6. The first kappa shape index (κ1) is 32.8. The topological polar surface area (TPSA) is 40.1 Å². The van der Waals surface area contributed by atoms with Crippen LogP contribution >= 0.6 is 8.03 Å². The van der Waals surface area contributed by atoms with E-state index >= 15 is 0 Å². The summed E-state index contributed by atoms with van der Waals surface area (Å²) in [6, 6.07) is 0. The first-order valence-electron chi connectivity index (χ1n) is 14.4. The van der Waals surface area contributed by atoms with Crippen molar-refractivity contribution in [3.63, 3.8) is 0 Å². The van der Waals surface area contributed by atoms with Gasteiger partial charge in [0, 0.05) is 12.8 Å². The Morgan fingerprint density at radius 2 is 1.00 bits per heavy atom. The quantitative estimate of drug-likeness (QED) is 0.0592. The molecule has 0 rings (SSSR count). The molecule has 196 valence electrons. The van der Waals surface area contributed by atoms with E-state index in [0.29, 0.717) is 10.9 Å². The highest BCUT2D eigenvalue weighted by Gasteiger charge is 2.52. The normalized spacial score (nSPS) is 14.7. The predicted molar refractivity (Wildman–Crippen MR) is 146 cm³/mol. The minimum Gasteiger partial charge on any atom is -0.590 e. The smallest absolute Gasteiger partial charge is 0.376 e. The van der Waals surface area contributed by atoms with Gasteiger partial charge in [0.25, 0.3) is 5.28 Å². The number of nitrogens with zero attached hydrogens (tertiary/aromatic N) is 1. The summed E-state index contributed by atoms with van der Waals surface area (Å²) in [6.45, 7) is 4.30. The highest BCUT2D eigenvalue weighted by molar-refractivity contribution is 7.38. The zero-order chi connectivity index (χ0) is 24.8. The average molecular weight is 485 g/mol. The zero-order valence-corrected chi connectivity index (χ0v) is 24.1.